The van der Waals surface area contributed by atoms with E-state index in [0.29, 0.717) is 24.5 Å². The van der Waals surface area contributed by atoms with E-state index in [9.17, 15) is 4.79 Å². The zero-order valence-electron chi connectivity index (χ0n) is 10.1. The molecule has 1 amide bonds. The van der Waals surface area contributed by atoms with Gasteiger partial charge in [-0.1, -0.05) is 6.07 Å². The molecule has 0 bridgehead atoms. The second-order valence-electron chi connectivity index (χ2n) is 4.06. The van der Waals surface area contributed by atoms with Crippen molar-refractivity contribution >= 4 is 5.91 Å². The number of carbonyl (C=O) groups is 1. The van der Waals surface area contributed by atoms with E-state index in [1.807, 2.05) is 12.1 Å². The van der Waals surface area contributed by atoms with Gasteiger partial charge in [0.25, 0.3) is 0 Å². The van der Waals surface area contributed by atoms with Crippen LogP contribution in [0.25, 0.3) is 0 Å². The minimum Gasteiger partial charge on any atom is -0.497 e. The van der Waals surface area contributed by atoms with Gasteiger partial charge in [-0.15, -0.1) is 0 Å². The van der Waals surface area contributed by atoms with Crippen LogP contribution in [0.15, 0.2) is 24.3 Å². The molecular weight excluding hydrogens is 220 g/mol. The summed E-state index contributed by atoms with van der Waals surface area (Å²) in [6, 6.07) is 7.21. The Bertz CT molecular complexity index is 391. The Kier molecular flexibility index (Phi) is 4.34. The fraction of sp³-hybridized carbons (Fsp3) is 0.417. The van der Waals surface area contributed by atoms with Crippen LogP contribution in [0, 0.1) is 0 Å². The van der Waals surface area contributed by atoms with Crippen LogP contribution < -0.4 is 20.9 Å². The lowest BCUT2D eigenvalue weighted by molar-refractivity contribution is -0.123. The van der Waals surface area contributed by atoms with Crippen LogP contribution in [-0.4, -0.2) is 25.2 Å². The maximum Gasteiger partial charge on any atom is 0.237 e. The average Bonchev–Trinajstić information content (AvgIpc) is 2.29. The zero-order chi connectivity index (χ0) is 12.9. The number of ether oxygens (including phenoxy) is 2. The number of nitrogens with two attached hydrogens (primary N) is 2. The van der Waals surface area contributed by atoms with Gasteiger partial charge in [-0.05, 0) is 19.1 Å². The number of rotatable bonds is 6. The lowest BCUT2D eigenvalue weighted by Gasteiger charge is -2.20. The van der Waals surface area contributed by atoms with Gasteiger partial charge in [-0.25, -0.2) is 0 Å². The van der Waals surface area contributed by atoms with Gasteiger partial charge in [-0.2, -0.15) is 0 Å². The molecule has 0 radical (unpaired) electrons. The van der Waals surface area contributed by atoms with Crippen molar-refractivity contribution in [2.45, 2.75) is 18.9 Å². The molecule has 5 heteroatoms. The molecule has 0 aromatic heterocycles. The molecule has 1 unspecified atom stereocenters. The fourth-order valence-corrected chi connectivity index (χ4v) is 1.20. The van der Waals surface area contributed by atoms with E-state index in [-0.39, 0.29) is 0 Å². The second-order valence-corrected chi connectivity index (χ2v) is 4.06. The lowest BCUT2D eigenvalue weighted by atomic mass is 9.99. The number of primary amides is 1. The molecule has 0 aliphatic heterocycles. The van der Waals surface area contributed by atoms with Gasteiger partial charge in [0.1, 0.15) is 11.5 Å². The summed E-state index contributed by atoms with van der Waals surface area (Å²) < 4.78 is 10.5. The molecule has 17 heavy (non-hydrogen) atoms. The third-order valence-corrected chi connectivity index (χ3v) is 2.49. The number of benzene rings is 1. The highest BCUT2D eigenvalue weighted by atomic mass is 16.5. The van der Waals surface area contributed by atoms with Crippen LogP contribution >= 0.6 is 0 Å². The van der Waals surface area contributed by atoms with Gasteiger partial charge in [0.05, 0.1) is 19.3 Å². The number of hydrogen-bond donors (Lipinski definition) is 2. The molecule has 0 saturated heterocycles. The third kappa shape index (κ3) is 3.96. The highest BCUT2D eigenvalue weighted by molar-refractivity contribution is 5.83. The summed E-state index contributed by atoms with van der Waals surface area (Å²) >= 11 is 0. The SMILES string of the molecule is COc1cccc(OCCC(C)(N)C(N)=O)c1. The minimum absolute atomic E-state index is 0.323. The number of carbonyl (C=O) groups excluding carboxylic acids is 1. The van der Waals surface area contributed by atoms with E-state index >= 15 is 0 Å². The number of amides is 1. The predicted molar refractivity (Wildman–Crippen MR) is 64.9 cm³/mol. The topological polar surface area (TPSA) is 87.6 Å². The second kappa shape index (κ2) is 5.54. The first-order chi connectivity index (χ1) is 7.95. The molecule has 94 valence electrons. The van der Waals surface area contributed by atoms with Crippen molar-refractivity contribution in [1.82, 2.24) is 0 Å². The van der Waals surface area contributed by atoms with Crippen LogP contribution in [-0.2, 0) is 4.79 Å². The lowest BCUT2D eigenvalue weighted by Crippen LogP contribution is -2.50. The van der Waals surface area contributed by atoms with E-state index < -0.39 is 11.4 Å². The Morgan fingerprint density at radius 1 is 1.41 bits per heavy atom. The predicted octanol–water partition coefficient (Wildman–Crippen LogP) is 0.667. The molecule has 4 N–H and O–H groups in total. The van der Waals surface area contributed by atoms with Crippen molar-refractivity contribution in [1.29, 1.82) is 0 Å². The first kappa shape index (κ1) is 13.3. The Morgan fingerprint density at radius 2 is 2.06 bits per heavy atom. The number of hydrogen-bond acceptors (Lipinski definition) is 4. The monoisotopic (exact) mass is 238 g/mol. The van der Waals surface area contributed by atoms with E-state index in [1.165, 1.54) is 0 Å². The van der Waals surface area contributed by atoms with E-state index in [0.717, 1.165) is 0 Å². The molecule has 0 saturated carbocycles. The summed E-state index contributed by atoms with van der Waals surface area (Å²) in [5.41, 5.74) is 9.81. The Balaban J connectivity index is 2.48. The molecule has 0 fully saturated rings. The van der Waals surface area contributed by atoms with Gasteiger partial charge in [0.15, 0.2) is 0 Å². The van der Waals surface area contributed by atoms with Crippen LogP contribution in [0.1, 0.15) is 13.3 Å². The Labute approximate surface area is 101 Å². The molecule has 1 aromatic carbocycles. The molecule has 0 aliphatic carbocycles. The number of methoxy groups -OCH3 is 1. The van der Waals surface area contributed by atoms with Crippen LogP contribution in [0.5, 0.6) is 11.5 Å². The molecule has 1 aromatic rings. The summed E-state index contributed by atoms with van der Waals surface area (Å²) in [5, 5.41) is 0. The van der Waals surface area contributed by atoms with E-state index in [1.54, 1.807) is 26.2 Å². The summed E-state index contributed by atoms with van der Waals surface area (Å²) in [5.74, 6) is 0.851. The average molecular weight is 238 g/mol. The first-order valence-electron chi connectivity index (χ1n) is 5.31. The smallest absolute Gasteiger partial charge is 0.237 e. The Morgan fingerprint density at radius 3 is 2.65 bits per heavy atom. The quantitative estimate of drug-likeness (QED) is 0.762. The highest BCUT2D eigenvalue weighted by Crippen LogP contribution is 2.19. The summed E-state index contributed by atoms with van der Waals surface area (Å²) in [6.07, 6.45) is 0.361. The minimum atomic E-state index is -1.04. The maximum atomic E-state index is 11.0. The molecule has 0 heterocycles. The zero-order valence-corrected chi connectivity index (χ0v) is 10.1. The van der Waals surface area contributed by atoms with Crippen LogP contribution in [0.4, 0.5) is 0 Å². The molecule has 1 rings (SSSR count). The first-order valence-corrected chi connectivity index (χ1v) is 5.31. The fourth-order valence-electron chi connectivity index (χ4n) is 1.20. The molecule has 0 spiro atoms. The van der Waals surface area contributed by atoms with Crippen LogP contribution in [0.3, 0.4) is 0 Å². The van der Waals surface area contributed by atoms with Gasteiger partial charge in [0, 0.05) is 12.5 Å². The van der Waals surface area contributed by atoms with Crippen molar-refractivity contribution in [2.24, 2.45) is 11.5 Å². The maximum absolute atomic E-state index is 11.0. The van der Waals surface area contributed by atoms with Crippen LogP contribution in [0.2, 0.25) is 0 Å². The summed E-state index contributed by atoms with van der Waals surface area (Å²) in [4.78, 5) is 11.0. The largest absolute Gasteiger partial charge is 0.497 e. The molecule has 1 atom stereocenters. The molecule has 0 aliphatic rings. The van der Waals surface area contributed by atoms with E-state index in [4.69, 9.17) is 20.9 Å². The third-order valence-electron chi connectivity index (χ3n) is 2.49. The van der Waals surface area contributed by atoms with Gasteiger partial charge < -0.3 is 20.9 Å². The van der Waals surface area contributed by atoms with E-state index in [2.05, 4.69) is 0 Å². The van der Waals surface area contributed by atoms with Crippen molar-refractivity contribution in [3.8, 4) is 11.5 Å². The summed E-state index contributed by atoms with van der Waals surface area (Å²) in [7, 11) is 1.59. The molecular formula is C12H18N2O3. The highest BCUT2D eigenvalue weighted by Gasteiger charge is 2.25. The van der Waals surface area contributed by atoms with Gasteiger partial charge in [-0.3, -0.25) is 4.79 Å². The van der Waals surface area contributed by atoms with Crippen molar-refractivity contribution < 1.29 is 14.3 Å². The van der Waals surface area contributed by atoms with Crippen molar-refractivity contribution in [3.63, 3.8) is 0 Å². The standard InChI is InChI=1S/C12H18N2O3/c1-12(14,11(13)15)6-7-17-10-5-3-4-9(8-10)16-2/h3-5,8H,6-7,14H2,1-2H3,(H2,13,15). The van der Waals surface area contributed by atoms with Gasteiger partial charge >= 0.3 is 0 Å². The Hall–Kier alpha value is -1.75. The summed E-state index contributed by atoms with van der Waals surface area (Å²) in [6.45, 7) is 1.91. The van der Waals surface area contributed by atoms with Crippen molar-refractivity contribution in [3.05, 3.63) is 24.3 Å². The van der Waals surface area contributed by atoms with Gasteiger partial charge in [0.2, 0.25) is 5.91 Å². The molecule has 5 nitrogen and oxygen atoms in total. The van der Waals surface area contributed by atoms with Crippen molar-refractivity contribution in [2.75, 3.05) is 13.7 Å². The normalized spacial score (nSPS) is 13.8.